The fraction of sp³-hybridized carbons (Fsp3) is 0.313. The summed E-state index contributed by atoms with van der Waals surface area (Å²) in [5, 5.41) is 57.6. The molecule has 0 saturated carbocycles. The van der Waals surface area contributed by atoms with E-state index in [0.29, 0.717) is 68.1 Å². The summed E-state index contributed by atoms with van der Waals surface area (Å²) in [4.78, 5) is 93.6. The lowest BCUT2D eigenvalue weighted by Gasteiger charge is -2.42. The highest BCUT2D eigenvalue weighted by atomic mass is 35.5. The minimum absolute atomic E-state index is 0.168. The van der Waals surface area contributed by atoms with E-state index in [2.05, 4.69) is 155 Å². The molecule has 0 bridgehead atoms. The first-order chi connectivity index (χ1) is 71.8. The molecule has 768 valence electrons. The number of phenolic OH excluding ortho intramolecular Hbond substituents is 3. The number of likely N-dealkylation sites (tertiary alicyclic amines) is 3. The maximum atomic E-state index is 14.2. The Morgan fingerprint density at radius 2 is 0.673 bits per heavy atom. The van der Waals surface area contributed by atoms with Gasteiger partial charge in [-0.25, -0.2) is 63.0 Å². The van der Waals surface area contributed by atoms with Crippen molar-refractivity contribution in [3.63, 3.8) is 0 Å². The van der Waals surface area contributed by atoms with Crippen molar-refractivity contribution in [3.8, 4) is 49.0 Å². The van der Waals surface area contributed by atoms with Crippen LogP contribution in [0.1, 0.15) is 134 Å². The summed E-state index contributed by atoms with van der Waals surface area (Å²) < 4.78 is 32.2. The van der Waals surface area contributed by atoms with Crippen molar-refractivity contribution in [1.29, 1.82) is 0 Å². The molecule has 10 aromatic carbocycles. The van der Waals surface area contributed by atoms with E-state index in [4.69, 9.17) is 26.6 Å². The molecule has 0 radical (unpaired) electrons. The van der Waals surface area contributed by atoms with Crippen molar-refractivity contribution in [2.24, 2.45) is 16.2 Å². The van der Waals surface area contributed by atoms with Gasteiger partial charge in [-0.05, 0) is 289 Å². The molecule has 0 atom stereocenters. The second-order valence-corrected chi connectivity index (χ2v) is 50.5. The van der Waals surface area contributed by atoms with Crippen molar-refractivity contribution in [2.75, 3.05) is 125 Å². The highest BCUT2D eigenvalue weighted by Gasteiger charge is 2.53. The average molecular weight is 2140 g/mol. The molecule has 3 spiro atoms. The first-order valence-corrected chi connectivity index (χ1v) is 55.8. The largest absolute Gasteiger partial charge is 0.506 e. The number of carbonyl (C=O) groups excluding carboxylic acids is 3. The molecule has 24 rings (SSSR count). The number of aromatic nitrogens is 8. The number of benzene rings is 10. The van der Waals surface area contributed by atoms with E-state index in [1.807, 2.05) is 166 Å². The van der Waals surface area contributed by atoms with Crippen LogP contribution in [-0.2, 0) is 16.2 Å². The number of para-hydroxylation sites is 6. The summed E-state index contributed by atoms with van der Waals surface area (Å²) >= 11 is 15.2. The Balaban J connectivity index is 0.000000127. The molecule has 3 saturated heterocycles. The molecule has 35 heteroatoms. The first-order valence-electron chi connectivity index (χ1n) is 50.5. The van der Waals surface area contributed by atoms with Crippen LogP contribution in [0.15, 0.2) is 206 Å². The van der Waals surface area contributed by atoms with Gasteiger partial charge in [-0.1, -0.05) is 150 Å². The van der Waals surface area contributed by atoms with E-state index in [1.165, 1.54) is 80.9 Å². The van der Waals surface area contributed by atoms with E-state index in [-0.39, 0.29) is 61.4 Å². The SMILES string of the molecule is Cc1ccc2nc(NC(=O)Nc3ccccc3N3CC4(CCN(CC(C)(C)C)CC4)c4c(-c5nc6cc(F)ccc6s5)ccc(O)c43)sc2c1.Cc1ccc2nc(NC(=O)Nc3ccccc3N3CC4(CCN(CC(C)(C)C)CC4)c4c(-c5nc6cc(F)ccc6s5)ccc(O)c43)sc2n1.Cc1ccc2nc(NC(=O)Nc3ccccc3N3CC4(CCN(CC(C)(C)C)CC4)c4c(-c5nc6ccc(Cl)cc6s5)ccc(O)c43)sc2n1. The Bertz CT molecular complexity index is 7570. The lowest BCUT2D eigenvalue weighted by Crippen LogP contribution is -2.47. The summed E-state index contributed by atoms with van der Waals surface area (Å²) in [6.45, 7) is 36.9. The van der Waals surface area contributed by atoms with Gasteiger partial charge in [-0.3, -0.25) is 16.0 Å². The zero-order chi connectivity index (χ0) is 104. The Morgan fingerprint density at radius 1 is 0.347 bits per heavy atom. The number of phenols is 3. The van der Waals surface area contributed by atoms with E-state index in [1.54, 1.807) is 41.7 Å². The number of amides is 6. The summed E-state index contributed by atoms with van der Waals surface area (Å²) in [6, 6.07) is 62.0. The molecule has 150 heavy (non-hydrogen) atoms. The number of nitrogens with zero attached hydrogens (tertiary/aromatic N) is 14. The fourth-order valence-electron chi connectivity index (χ4n) is 22.6. The van der Waals surface area contributed by atoms with Gasteiger partial charge in [-0.2, -0.15) is 0 Å². The fourth-order valence-corrected chi connectivity index (χ4v) is 28.6. The molecule has 18 aromatic rings. The standard InChI is InChI=1S/C39H39FN6O2S2.C38H38ClN7O2S2.C38H38FN7O2S2/c1-23-9-12-27-32(19-23)50-37(43-27)44-36(48)42-26-7-5-6-8-29(26)46-22-39(15-17-45(18-16-39)21-38(2,3)4)33-25(11-13-30(47)34(33)46)35-41-28-20-24(40)10-14-31(28)49-35;1-22-9-12-27-34(40-22)50-36(43-27)44-35(48)42-25-7-5-6-8-28(25)46-21-38(15-17-45(18-16-38)20-37(2,3)4)31-24(11-14-29(47)32(31)46)33-41-26-13-10-23(39)19-30(26)49-33;1-22-9-12-26-34(40-22)50-36(43-26)44-35(48)42-25-7-5-6-8-28(25)46-21-38(15-17-45(18-16-38)20-37(2,3)4)31-24(11-13-29(47)32(31)46)33-41-27-19-23(39)10-14-30(27)49-33/h5-14,19-20,47H,15-18,21-22H2,1-4H3,(H2,42,43,44,48);2*5-14,19,47H,15-18,20-21H2,1-4H3,(H2,42,43,44,48). The van der Waals surface area contributed by atoms with Gasteiger partial charge in [0.2, 0.25) is 0 Å². The van der Waals surface area contributed by atoms with Gasteiger partial charge in [0.25, 0.3) is 0 Å². The highest BCUT2D eigenvalue weighted by molar-refractivity contribution is 7.23. The predicted molar refractivity (Wildman–Crippen MR) is 612 cm³/mol. The van der Waals surface area contributed by atoms with Crippen molar-refractivity contribution in [3.05, 3.63) is 257 Å². The molecule has 6 aliphatic heterocycles. The number of thiazole rings is 6. The van der Waals surface area contributed by atoms with E-state index < -0.39 is 18.1 Å². The number of urea groups is 3. The lowest BCUT2D eigenvalue weighted by molar-refractivity contribution is 0.125. The predicted octanol–water partition coefficient (Wildman–Crippen LogP) is 29.0. The van der Waals surface area contributed by atoms with Crippen LogP contribution in [0.5, 0.6) is 17.2 Å². The molecule has 0 unspecified atom stereocenters. The molecule has 3 fully saturated rings. The van der Waals surface area contributed by atoms with Gasteiger partial charge in [0.15, 0.2) is 15.4 Å². The Morgan fingerprint density at radius 3 is 1.05 bits per heavy atom. The molecule has 9 N–H and O–H groups in total. The van der Waals surface area contributed by atoms with Crippen LogP contribution in [0.4, 0.5) is 89.7 Å². The third-order valence-corrected chi connectivity index (χ3v) is 35.0. The molecular formula is C115H115ClF2N20O6S6. The van der Waals surface area contributed by atoms with Gasteiger partial charge < -0.3 is 60.7 Å². The molecule has 6 aliphatic rings. The minimum Gasteiger partial charge on any atom is -0.506 e. The number of fused-ring (bicyclic) bond motifs is 12. The molecule has 26 nitrogen and oxygen atoms in total. The van der Waals surface area contributed by atoms with Crippen LogP contribution in [0.3, 0.4) is 0 Å². The molecule has 6 amide bonds. The highest BCUT2D eigenvalue weighted by Crippen LogP contribution is 2.63. The molecule has 8 aromatic heterocycles. The topological polar surface area (TPSA) is 307 Å². The normalized spacial score (nSPS) is 16.0. The summed E-state index contributed by atoms with van der Waals surface area (Å²) in [7, 11) is 0. The van der Waals surface area contributed by atoms with Crippen LogP contribution in [0, 0.1) is 48.7 Å². The number of halogens is 3. The van der Waals surface area contributed by atoms with Crippen molar-refractivity contribution in [2.45, 2.75) is 138 Å². The Hall–Kier alpha value is -13.5. The van der Waals surface area contributed by atoms with Crippen molar-refractivity contribution >= 4 is 226 Å². The number of piperidine rings is 3. The molecule has 14 heterocycles. The van der Waals surface area contributed by atoms with Gasteiger partial charge in [0, 0.05) is 101 Å². The first kappa shape index (κ1) is 101. The number of anilines is 12. The maximum Gasteiger partial charge on any atom is 0.325 e. The summed E-state index contributed by atoms with van der Waals surface area (Å²) in [5.74, 6) is -0.0819. The zero-order valence-corrected chi connectivity index (χ0v) is 90.9. The number of nitrogens with one attached hydrogen (secondary N) is 6. The van der Waals surface area contributed by atoms with E-state index in [0.717, 1.165) is 247 Å². The third-order valence-electron chi connectivity index (χ3n) is 28.9. The van der Waals surface area contributed by atoms with Crippen LogP contribution >= 0.6 is 79.6 Å². The second kappa shape index (κ2) is 40.0. The van der Waals surface area contributed by atoms with Crippen LogP contribution < -0.4 is 46.6 Å². The number of aromatic hydroxyl groups is 3. The third kappa shape index (κ3) is 20.7. The molecular weight excluding hydrogens is 2020 g/mol. The lowest BCUT2D eigenvalue weighted by atomic mass is 9.72. The molecule has 0 aliphatic carbocycles. The van der Waals surface area contributed by atoms with E-state index >= 15 is 0 Å². The van der Waals surface area contributed by atoms with Gasteiger partial charge >= 0.3 is 18.1 Å². The van der Waals surface area contributed by atoms with E-state index in [9.17, 15) is 38.5 Å². The second-order valence-electron chi connectivity index (χ2n) is 43.9. The number of aryl methyl sites for hydroxylation is 3. The number of rotatable bonds is 15. The van der Waals surface area contributed by atoms with Gasteiger partial charge in [-0.15, -0.1) is 34.0 Å². The monoisotopic (exact) mass is 2140 g/mol. The smallest absolute Gasteiger partial charge is 0.325 e. The zero-order valence-electron chi connectivity index (χ0n) is 85.3. The summed E-state index contributed by atoms with van der Waals surface area (Å²) in [5.41, 5.74) is 19.8. The Kier molecular flexibility index (Phi) is 26.9. The quantitative estimate of drug-likeness (QED) is 0.0461. The number of hydrogen-bond acceptors (Lipinski definition) is 26. The number of carbonyl (C=O) groups is 3. The van der Waals surface area contributed by atoms with Crippen LogP contribution in [0.2, 0.25) is 5.02 Å². The van der Waals surface area contributed by atoms with Crippen molar-refractivity contribution < 1.29 is 38.5 Å². The Labute approximate surface area is 896 Å². The number of pyridine rings is 2. The summed E-state index contributed by atoms with van der Waals surface area (Å²) in [6.07, 6.45) is 5.45. The maximum absolute atomic E-state index is 14.2. The van der Waals surface area contributed by atoms with Crippen LogP contribution in [0.25, 0.3) is 93.3 Å². The minimum atomic E-state index is -0.419. The number of hydrogen-bond donors (Lipinski definition) is 9. The van der Waals surface area contributed by atoms with Gasteiger partial charge in [0.05, 0.1) is 92.1 Å². The van der Waals surface area contributed by atoms with Crippen LogP contribution in [-0.4, -0.2) is 167 Å². The van der Waals surface area contributed by atoms with Crippen molar-refractivity contribution in [1.82, 2.24) is 54.6 Å². The average Bonchev–Trinajstić information content (AvgIpc) is 1.56. The van der Waals surface area contributed by atoms with Gasteiger partial charge in [0.1, 0.15) is 64.6 Å².